The third-order valence-electron chi connectivity index (χ3n) is 3.36. The van der Waals surface area contributed by atoms with Crippen molar-refractivity contribution >= 4 is 16.7 Å². The minimum absolute atomic E-state index is 0.0616. The molecule has 0 saturated heterocycles. The standard InChI is InChI=1S/C10H18N4S/c1-8-2-4-10(6-11,5-3-8)14-9-12-7-13-15-9/h7-8H,2-6,11H2,1H3,(H,12,13,14). The summed E-state index contributed by atoms with van der Waals surface area (Å²) in [5, 5.41) is 4.36. The Balaban J connectivity index is 2.02. The largest absolute Gasteiger partial charge is 0.354 e. The summed E-state index contributed by atoms with van der Waals surface area (Å²) < 4.78 is 4.00. The van der Waals surface area contributed by atoms with Crippen molar-refractivity contribution in [2.24, 2.45) is 11.7 Å². The Morgan fingerprint density at radius 3 is 2.87 bits per heavy atom. The summed E-state index contributed by atoms with van der Waals surface area (Å²) in [7, 11) is 0. The van der Waals surface area contributed by atoms with E-state index in [2.05, 4.69) is 21.6 Å². The van der Waals surface area contributed by atoms with Gasteiger partial charge in [0.2, 0.25) is 5.13 Å². The third-order valence-corrected chi connectivity index (χ3v) is 3.94. The van der Waals surface area contributed by atoms with Crippen molar-refractivity contribution in [1.82, 2.24) is 9.36 Å². The molecule has 1 aromatic rings. The van der Waals surface area contributed by atoms with Crippen molar-refractivity contribution < 1.29 is 0 Å². The van der Waals surface area contributed by atoms with Crippen LogP contribution in [0.5, 0.6) is 0 Å². The molecular formula is C10H18N4S. The Morgan fingerprint density at radius 2 is 2.33 bits per heavy atom. The van der Waals surface area contributed by atoms with Crippen LogP contribution in [0.1, 0.15) is 32.6 Å². The van der Waals surface area contributed by atoms with E-state index in [1.165, 1.54) is 24.4 Å². The molecule has 0 spiro atoms. The summed E-state index contributed by atoms with van der Waals surface area (Å²) in [5.74, 6) is 0.834. The molecule has 3 N–H and O–H groups in total. The monoisotopic (exact) mass is 226 g/mol. The second-order valence-electron chi connectivity index (χ2n) is 4.54. The van der Waals surface area contributed by atoms with Gasteiger partial charge in [-0.15, -0.1) is 0 Å². The lowest BCUT2D eigenvalue weighted by atomic mass is 9.77. The van der Waals surface area contributed by atoms with Crippen molar-refractivity contribution in [1.29, 1.82) is 0 Å². The van der Waals surface area contributed by atoms with Gasteiger partial charge in [-0.3, -0.25) is 0 Å². The van der Waals surface area contributed by atoms with Crippen molar-refractivity contribution in [3.05, 3.63) is 6.33 Å². The molecule has 0 atom stereocenters. The van der Waals surface area contributed by atoms with E-state index in [1.54, 1.807) is 6.33 Å². The molecule has 0 bridgehead atoms. The quantitative estimate of drug-likeness (QED) is 0.825. The van der Waals surface area contributed by atoms with Gasteiger partial charge in [-0.1, -0.05) is 6.92 Å². The van der Waals surface area contributed by atoms with Gasteiger partial charge >= 0.3 is 0 Å². The molecule has 15 heavy (non-hydrogen) atoms. The number of hydrogen-bond donors (Lipinski definition) is 2. The molecule has 1 aliphatic rings. The number of rotatable bonds is 3. The van der Waals surface area contributed by atoms with Gasteiger partial charge in [-0.05, 0) is 31.6 Å². The smallest absolute Gasteiger partial charge is 0.202 e. The van der Waals surface area contributed by atoms with E-state index >= 15 is 0 Å². The van der Waals surface area contributed by atoms with Gasteiger partial charge < -0.3 is 11.1 Å². The van der Waals surface area contributed by atoms with Gasteiger partial charge in [-0.2, -0.15) is 4.37 Å². The van der Waals surface area contributed by atoms with Crippen molar-refractivity contribution in [3.8, 4) is 0 Å². The average Bonchev–Trinajstić information content (AvgIpc) is 2.75. The predicted molar refractivity (Wildman–Crippen MR) is 62.9 cm³/mol. The highest BCUT2D eigenvalue weighted by molar-refractivity contribution is 7.09. The molecule has 4 nitrogen and oxygen atoms in total. The fraction of sp³-hybridized carbons (Fsp3) is 0.800. The molecule has 5 heteroatoms. The molecule has 1 aromatic heterocycles. The maximum absolute atomic E-state index is 5.89. The SMILES string of the molecule is CC1CCC(CN)(Nc2ncns2)CC1. The van der Waals surface area contributed by atoms with E-state index in [1.807, 2.05) is 0 Å². The first-order valence-corrected chi connectivity index (χ1v) is 6.26. The fourth-order valence-corrected chi connectivity index (χ4v) is 2.70. The van der Waals surface area contributed by atoms with Gasteiger partial charge in [0.25, 0.3) is 0 Å². The van der Waals surface area contributed by atoms with E-state index < -0.39 is 0 Å². The van der Waals surface area contributed by atoms with Crippen molar-refractivity contribution in [3.63, 3.8) is 0 Å². The summed E-state index contributed by atoms with van der Waals surface area (Å²) in [6, 6.07) is 0. The molecule has 0 aliphatic heterocycles. The highest BCUT2D eigenvalue weighted by Crippen LogP contribution is 2.34. The first kappa shape index (κ1) is 10.8. The van der Waals surface area contributed by atoms with Crippen LogP contribution in [-0.2, 0) is 0 Å². The van der Waals surface area contributed by atoms with Crippen LogP contribution >= 0.6 is 11.5 Å². The van der Waals surface area contributed by atoms with Crippen LogP contribution < -0.4 is 11.1 Å². The fourth-order valence-electron chi connectivity index (χ4n) is 2.15. The van der Waals surface area contributed by atoms with Gasteiger partial charge in [-0.25, -0.2) is 4.98 Å². The molecule has 1 saturated carbocycles. The Bertz CT molecular complexity index is 290. The maximum Gasteiger partial charge on any atom is 0.202 e. The zero-order valence-electron chi connectivity index (χ0n) is 9.07. The third kappa shape index (κ3) is 2.46. The minimum Gasteiger partial charge on any atom is -0.354 e. The molecule has 0 amide bonds. The molecule has 0 unspecified atom stereocenters. The van der Waals surface area contributed by atoms with Crippen LogP contribution in [0.15, 0.2) is 6.33 Å². The highest BCUT2D eigenvalue weighted by Gasteiger charge is 2.33. The van der Waals surface area contributed by atoms with Crippen molar-refractivity contribution in [2.75, 3.05) is 11.9 Å². The number of hydrogen-bond acceptors (Lipinski definition) is 5. The molecular weight excluding hydrogens is 208 g/mol. The summed E-state index contributed by atoms with van der Waals surface area (Å²) in [6.45, 7) is 2.99. The van der Waals surface area contributed by atoms with Gasteiger partial charge in [0.05, 0.1) is 5.54 Å². The van der Waals surface area contributed by atoms with E-state index in [4.69, 9.17) is 5.73 Å². The molecule has 84 valence electrons. The summed E-state index contributed by atoms with van der Waals surface area (Å²) in [6.07, 6.45) is 6.38. The predicted octanol–water partition coefficient (Wildman–Crippen LogP) is 1.86. The van der Waals surface area contributed by atoms with Gasteiger partial charge in [0.15, 0.2) is 0 Å². The van der Waals surface area contributed by atoms with Gasteiger partial charge in [0, 0.05) is 18.1 Å². The van der Waals surface area contributed by atoms with Crippen LogP contribution in [0.4, 0.5) is 5.13 Å². The number of aromatic nitrogens is 2. The molecule has 1 aliphatic carbocycles. The van der Waals surface area contributed by atoms with Gasteiger partial charge in [0.1, 0.15) is 6.33 Å². The maximum atomic E-state index is 5.89. The number of anilines is 1. The Kier molecular flexibility index (Phi) is 3.21. The average molecular weight is 226 g/mol. The summed E-state index contributed by atoms with van der Waals surface area (Å²) in [5.41, 5.74) is 5.96. The van der Waals surface area contributed by atoms with E-state index in [0.717, 1.165) is 23.9 Å². The number of nitrogens with one attached hydrogen (secondary N) is 1. The van der Waals surface area contributed by atoms with E-state index in [-0.39, 0.29) is 5.54 Å². The lowest BCUT2D eigenvalue weighted by Gasteiger charge is -2.39. The lowest BCUT2D eigenvalue weighted by molar-refractivity contribution is 0.271. The molecule has 1 fully saturated rings. The molecule has 0 radical (unpaired) electrons. The summed E-state index contributed by atoms with van der Waals surface area (Å²) in [4.78, 5) is 4.16. The number of nitrogens with two attached hydrogens (primary N) is 1. The highest BCUT2D eigenvalue weighted by atomic mass is 32.1. The topological polar surface area (TPSA) is 63.8 Å². The van der Waals surface area contributed by atoms with Crippen LogP contribution in [0.2, 0.25) is 0 Å². The zero-order valence-corrected chi connectivity index (χ0v) is 9.89. The summed E-state index contributed by atoms with van der Waals surface area (Å²) >= 11 is 1.40. The van der Waals surface area contributed by atoms with E-state index in [0.29, 0.717) is 6.54 Å². The Hall–Kier alpha value is -0.680. The zero-order chi connectivity index (χ0) is 10.7. The van der Waals surface area contributed by atoms with Crippen LogP contribution in [0.3, 0.4) is 0 Å². The first-order chi connectivity index (χ1) is 7.24. The van der Waals surface area contributed by atoms with Crippen LogP contribution in [-0.4, -0.2) is 21.4 Å². The lowest BCUT2D eigenvalue weighted by Crippen LogP contribution is -2.48. The number of nitrogens with zero attached hydrogens (tertiary/aromatic N) is 2. The molecule has 2 rings (SSSR count). The normalized spacial score (nSPS) is 31.5. The van der Waals surface area contributed by atoms with Crippen LogP contribution in [0.25, 0.3) is 0 Å². The minimum atomic E-state index is 0.0616. The van der Waals surface area contributed by atoms with E-state index in [9.17, 15) is 0 Å². The molecule has 0 aromatic carbocycles. The molecule has 1 heterocycles. The van der Waals surface area contributed by atoms with Crippen molar-refractivity contribution in [2.45, 2.75) is 38.1 Å². The second kappa shape index (κ2) is 4.45. The Morgan fingerprint density at radius 1 is 1.60 bits per heavy atom. The second-order valence-corrected chi connectivity index (χ2v) is 5.32. The Labute approximate surface area is 94.5 Å². The van der Waals surface area contributed by atoms with Crippen LogP contribution in [0, 0.1) is 5.92 Å². The first-order valence-electron chi connectivity index (χ1n) is 5.49.